The third-order valence-electron chi connectivity index (χ3n) is 5.17. The van der Waals surface area contributed by atoms with Crippen molar-refractivity contribution in [3.05, 3.63) is 77.9 Å². The second-order valence-electron chi connectivity index (χ2n) is 7.70. The molecule has 176 valence electrons. The lowest BCUT2D eigenvalue weighted by Crippen LogP contribution is -2.37. The monoisotopic (exact) mass is 449 g/mol. The lowest BCUT2D eigenvalue weighted by molar-refractivity contribution is 0.310. The normalized spacial score (nSPS) is 11.3. The number of nitrogens with zero attached hydrogens (tertiary/aromatic N) is 3. The number of nitrogens with one attached hydrogen (secondary N) is 2. The first-order valence-corrected chi connectivity index (χ1v) is 11.6. The number of benzene rings is 2. The van der Waals surface area contributed by atoms with Crippen molar-refractivity contribution in [1.29, 1.82) is 0 Å². The maximum Gasteiger partial charge on any atom is 0.191 e. The van der Waals surface area contributed by atoms with Crippen LogP contribution in [0.15, 0.2) is 66.2 Å². The third kappa shape index (κ3) is 7.86. The van der Waals surface area contributed by atoms with Gasteiger partial charge in [-0.25, -0.2) is 9.98 Å². The van der Waals surface area contributed by atoms with E-state index in [9.17, 15) is 0 Å². The molecule has 7 heteroatoms. The average molecular weight is 450 g/mol. The number of rotatable bonds is 12. The SMILES string of the molecule is CCNC(=NCc1ccc(Cn2ccnc2)cc1)NCCCc1ccc(OC)c(OCC)c1. The van der Waals surface area contributed by atoms with Gasteiger partial charge in [0.2, 0.25) is 0 Å². The average Bonchev–Trinajstić information content (AvgIpc) is 3.34. The van der Waals surface area contributed by atoms with Gasteiger partial charge in [0.25, 0.3) is 0 Å². The standard InChI is InChI=1S/C26H35N5O2/c1-4-28-26(29-14-6-7-21-12-13-24(32-3)25(17-21)33-5-2)30-18-22-8-10-23(11-9-22)19-31-16-15-27-20-31/h8-13,15-17,20H,4-7,14,18-19H2,1-3H3,(H2,28,29,30). The summed E-state index contributed by atoms with van der Waals surface area (Å²) in [6.45, 7) is 7.81. The molecule has 1 aromatic heterocycles. The van der Waals surface area contributed by atoms with E-state index in [1.165, 1.54) is 16.7 Å². The highest BCUT2D eigenvalue weighted by Crippen LogP contribution is 2.28. The van der Waals surface area contributed by atoms with Crippen molar-refractivity contribution in [2.24, 2.45) is 4.99 Å². The van der Waals surface area contributed by atoms with Crippen molar-refractivity contribution in [2.75, 3.05) is 26.8 Å². The fraction of sp³-hybridized carbons (Fsp3) is 0.385. The van der Waals surface area contributed by atoms with Crippen LogP contribution in [-0.2, 0) is 19.5 Å². The molecule has 33 heavy (non-hydrogen) atoms. The van der Waals surface area contributed by atoms with Crippen molar-refractivity contribution in [3.63, 3.8) is 0 Å². The molecule has 0 radical (unpaired) electrons. The van der Waals surface area contributed by atoms with Crippen LogP contribution in [0.2, 0.25) is 0 Å². The number of hydrogen-bond acceptors (Lipinski definition) is 4. The highest BCUT2D eigenvalue weighted by atomic mass is 16.5. The molecule has 0 unspecified atom stereocenters. The summed E-state index contributed by atoms with van der Waals surface area (Å²) < 4.78 is 13.1. The predicted octanol–water partition coefficient (Wildman–Crippen LogP) is 4.03. The summed E-state index contributed by atoms with van der Waals surface area (Å²) in [7, 11) is 1.67. The Balaban J connectivity index is 1.47. The van der Waals surface area contributed by atoms with Crippen LogP contribution in [-0.4, -0.2) is 42.3 Å². The molecule has 0 atom stereocenters. The summed E-state index contributed by atoms with van der Waals surface area (Å²) in [5.41, 5.74) is 3.67. The minimum Gasteiger partial charge on any atom is -0.493 e. The molecule has 3 rings (SSSR count). The molecule has 0 spiro atoms. The Bertz CT molecular complexity index is 984. The summed E-state index contributed by atoms with van der Waals surface area (Å²) in [5.74, 6) is 2.41. The van der Waals surface area contributed by atoms with Crippen molar-refractivity contribution in [1.82, 2.24) is 20.2 Å². The second-order valence-corrected chi connectivity index (χ2v) is 7.70. The minimum absolute atomic E-state index is 0.622. The molecule has 2 aromatic carbocycles. The predicted molar refractivity (Wildman–Crippen MR) is 133 cm³/mol. The van der Waals surface area contributed by atoms with Gasteiger partial charge in [0.15, 0.2) is 17.5 Å². The summed E-state index contributed by atoms with van der Waals surface area (Å²) >= 11 is 0. The quantitative estimate of drug-likeness (QED) is 0.248. The lowest BCUT2D eigenvalue weighted by atomic mass is 10.1. The molecule has 0 aliphatic rings. The maximum absolute atomic E-state index is 5.68. The van der Waals surface area contributed by atoms with Crippen LogP contribution >= 0.6 is 0 Å². The molecule has 7 nitrogen and oxygen atoms in total. The van der Waals surface area contributed by atoms with Crippen LogP contribution in [0.1, 0.15) is 37.0 Å². The Morgan fingerprint density at radius 2 is 1.79 bits per heavy atom. The zero-order valence-electron chi connectivity index (χ0n) is 19.9. The Labute approximate surface area is 196 Å². The highest BCUT2D eigenvalue weighted by molar-refractivity contribution is 5.79. The van der Waals surface area contributed by atoms with Crippen LogP contribution in [0.4, 0.5) is 0 Å². The largest absolute Gasteiger partial charge is 0.493 e. The molecule has 1 heterocycles. The van der Waals surface area contributed by atoms with Gasteiger partial charge in [-0.3, -0.25) is 0 Å². The summed E-state index contributed by atoms with van der Waals surface area (Å²) in [6, 6.07) is 14.7. The highest BCUT2D eigenvalue weighted by Gasteiger charge is 2.06. The summed E-state index contributed by atoms with van der Waals surface area (Å²) in [4.78, 5) is 8.83. The lowest BCUT2D eigenvalue weighted by Gasteiger charge is -2.13. The van der Waals surface area contributed by atoms with E-state index in [4.69, 9.17) is 14.5 Å². The number of hydrogen-bond donors (Lipinski definition) is 2. The van der Waals surface area contributed by atoms with Gasteiger partial charge in [-0.2, -0.15) is 0 Å². The van der Waals surface area contributed by atoms with Crippen LogP contribution in [0.5, 0.6) is 11.5 Å². The first-order valence-electron chi connectivity index (χ1n) is 11.6. The van der Waals surface area contributed by atoms with E-state index in [0.717, 1.165) is 49.9 Å². The second kappa shape index (κ2) is 13.2. The molecule has 0 fully saturated rings. The fourth-order valence-electron chi connectivity index (χ4n) is 3.50. The molecule has 3 aromatic rings. The van der Waals surface area contributed by atoms with E-state index in [2.05, 4.69) is 63.5 Å². The zero-order chi connectivity index (χ0) is 23.3. The van der Waals surface area contributed by atoms with E-state index in [1.54, 1.807) is 13.3 Å². The van der Waals surface area contributed by atoms with Gasteiger partial charge in [-0.05, 0) is 55.5 Å². The number of guanidine groups is 1. The van der Waals surface area contributed by atoms with E-state index in [1.807, 2.05) is 25.5 Å². The van der Waals surface area contributed by atoms with E-state index >= 15 is 0 Å². The van der Waals surface area contributed by atoms with Gasteiger partial charge in [0, 0.05) is 32.0 Å². The molecular weight excluding hydrogens is 414 g/mol. The molecule has 0 aliphatic carbocycles. The number of aromatic nitrogens is 2. The van der Waals surface area contributed by atoms with Crippen molar-refractivity contribution < 1.29 is 9.47 Å². The van der Waals surface area contributed by atoms with Crippen LogP contribution in [0.25, 0.3) is 0 Å². The number of imidazole rings is 1. The van der Waals surface area contributed by atoms with E-state index in [-0.39, 0.29) is 0 Å². The molecular formula is C26H35N5O2. The van der Waals surface area contributed by atoms with E-state index in [0.29, 0.717) is 13.2 Å². The topological polar surface area (TPSA) is 72.7 Å². The molecule has 0 aliphatic heterocycles. The Morgan fingerprint density at radius 3 is 2.48 bits per heavy atom. The van der Waals surface area contributed by atoms with Crippen LogP contribution in [0.3, 0.4) is 0 Å². The minimum atomic E-state index is 0.622. The third-order valence-corrected chi connectivity index (χ3v) is 5.17. The zero-order valence-corrected chi connectivity index (χ0v) is 19.9. The van der Waals surface area contributed by atoms with Crippen molar-refractivity contribution in [3.8, 4) is 11.5 Å². The number of ether oxygens (including phenoxy) is 2. The molecule has 0 saturated heterocycles. The van der Waals surface area contributed by atoms with Gasteiger partial charge < -0.3 is 24.7 Å². The Hall–Kier alpha value is -3.48. The van der Waals surface area contributed by atoms with Gasteiger partial charge in [0.05, 0.1) is 26.6 Å². The first kappa shape index (κ1) is 24.2. The number of methoxy groups -OCH3 is 1. The molecule has 0 bridgehead atoms. The summed E-state index contributed by atoms with van der Waals surface area (Å²) in [5, 5.41) is 6.76. The Morgan fingerprint density at radius 1 is 1.00 bits per heavy atom. The molecule has 0 saturated carbocycles. The van der Waals surface area contributed by atoms with Gasteiger partial charge in [-0.1, -0.05) is 30.3 Å². The van der Waals surface area contributed by atoms with Gasteiger partial charge in [-0.15, -0.1) is 0 Å². The van der Waals surface area contributed by atoms with E-state index < -0.39 is 0 Å². The molecule has 0 amide bonds. The fourth-order valence-corrected chi connectivity index (χ4v) is 3.50. The van der Waals surface area contributed by atoms with Crippen molar-refractivity contribution in [2.45, 2.75) is 39.8 Å². The number of aliphatic imine (C=N–C) groups is 1. The molecule has 2 N–H and O–H groups in total. The van der Waals surface area contributed by atoms with Gasteiger partial charge in [0.1, 0.15) is 0 Å². The maximum atomic E-state index is 5.68. The van der Waals surface area contributed by atoms with Gasteiger partial charge >= 0.3 is 0 Å². The van der Waals surface area contributed by atoms with Crippen LogP contribution in [0, 0.1) is 0 Å². The van der Waals surface area contributed by atoms with Crippen LogP contribution < -0.4 is 20.1 Å². The Kier molecular flexibility index (Phi) is 9.63. The van der Waals surface area contributed by atoms with Crippen molar-refractivity contribution >= 4 is 5.96 Å². The number of aryl methyl sites for hydroxylation is 1. The smallest absolute Gasteiger partial charge is 0.191 e. The summed E-state index contributed by atoms with van der Waals surface area (Å²) in [6.07, 6.45) is 7.55. The first-order chi connectivity index (χ1) is 16.2.